The number of nitrogens with zero attached hydrogens (tertiary/aromatic N) is 1. The summed E-state index contributed by atoms with van der Waals surface area (Å²) < 4.78 is 34.8. The van der Waals surface area contributed by atoms with Crippen molar-refractivity contribution in [3.8, 4) is 0 Å². The monoisotopic (exact) mass is 1260 g/mol. The second kappa shape index (κ2) is 68.8. The molecule has 88 heavy (non-hydrogen) atoms. The molecule has 0 aliphatic carbocycles. The molecule has 1 N–H and O–H groups in total. The Morgan fingerprint density at radius 1 is 0.352 bits per heavy atom. The van der Waals surface area contributed by atoms with Gasteiger partial charge in [-0.15, -0.1) is 0 Å². The molecule has 0 aliphatic heterocycles. The smallest absolute Gasteiger partial charge is 0.462 e. The van der Waals surface area contributed by atoms with Crippen molar-refractivity contribution in [2.24, 2.45) is 0 Å². The molecule has 0 aromatic heterocycles. The van der Waals surface area contributed by atoms with Crippen molar-refractivity contribution in [1.82, 2.24) is 0 Å². The molecule has 0 aromatic carbocycles. The second-order valence-corrected chi connectivity index (χ2v) is 28.1. The number of likely N-dealkylation sites (N-methyl/N-ethyl adjacent to an activating group) is 1. The molecule has 0 heterocycles. The number of phosphoric acid groups is 1. The predicted molar refractivity (Wildman–Crippen MR) is 381 cm³/mol. The van der Waals surface area contributed by atoms with Crippen molar-refractivity contribution in [3.05, 3.63) is 72.9 Å². The summed E-state index contributed by atoms with van der Waals surface area (Å²) in [6.45, 7) is 4.46. The average Bonchev–Trinajstić information content (AvgIpc) is 3.68. The zero-order valence-electron chi connectivity index (χ0n) is 58.7. The summed E-state index contributed by atoms with van der Waals surface area (Å²) in [5.74, 6) is -0.784. The van der Waals surface area contributed by atoms with Gasteiger partial charge < -0.3 is 18.9 Å². The molecular formula is C78H145NO8P+. The highest BCUT2D eigenvalue weighted by atomic mass is 31.2. The lowest BCUT2D eigenvalue weighted by Gasteiger charge is -2.24. The van der Waals surface area contributed by atoms with Gasteiger partial charge in [0.1, 0.15) is 19.8 Å². The summed E-state index contributed by atoms with van der Waals surface area (Å²) in [5, 5.41) is 0. The third kappa shape index (κ3) is 72.5. The van der Waals surface area contributed by atoms with Gasteiger partial charge in [0.15, 0.2) is 6.10 Å². The van der Waals surface area contributed by atoms with E-state index in [0.29, 0.717) is 17.4 Å². The average molecular weight is 1260 g/mol. The number of esters is 2. The van der Waals surface area contributed by atoms with Gasteiger partial charge in [0.05, 0.1) is 27.7 Å². The first-order valence-corrected chi connectivity index (χ1v) is 39.2. The van der Waals surface area contributed by atoms with E-state index in [4.69, 9.17) is 18.5 Å². The number of unbranched alkanes of at least 4 members (excludes halogenated alkanes) is 44. The van der Waals surface area contributed by atoms with Gasteiger partial charge in [-0.1, -0.05) is 331 Å². The molecule has 0 bridgehead atoms. The van der Waals surface area contributed by atoms with E-state index >= 15 is 0 Å². The van der Waals surface area contributed by atoms with Crippen LogP contribution in [0.4, 0.5) is 0 Å². The van der Waals surface area contributed by atoms with Crippen LogP contribution in [-0.4, -0.2) is 74.9 Å². The predicted octanol–water partition coefficient (Wildman–Crippen LogP) is 24.7. The van der Waals surface area contributed by atoms with Gasteiger partial charge in [-0.3, -0.25) is 18.6 Å². The minimum atomic E-state index is -4.39. The maximum Gasteiger partial charge on any atom is 0.472 e. The molecule has 2 unspecified atom stereocenters. The van der Waals surface area contributed by atoms with Crippen LogP contribution in [0.5, 0.6) is 0 Å². The van der Waals surface area contributed by atoms with Crippen LogP contribution in [0.15, 0.2) is 72.9 Å². The van der Waals surface area contributed by atoms with Crippen molar-refractivity contribution in [2.45, 2.75) is 367 Å². The number of carbonyl (C=O) groups is 2. The number of phosphoric ester groups is 1. The highest BCUT2D eigenvalue weighted by Gasteiger charge is 2.27. The molecule has 0 saturated carbocycles. The largest absolute Gasteiger partial charge is 0.472 e. The minimum Gasteiger partial charge on any atom is -0.462 e. The quantitative estimate of drug-likeness (QED) is 0.0211. The van der Waals surface area contributed by atoms with Crippen molar-refractivity contribution in [1.29, 1.82) is 0 Å². The molecule has 0 amide bonds. The number of ether oxygens (including phenoxy) is 2. The Bertz CT molecular complexity index is 1710. The highest BCUT2D eigenvalue weighted by molar-refractivity contribution is 7.47. The standard InChI is InChI=1S/C78H144NO8P/c1-6-8-10-12-14-16-18-20-22-24-26-28-30-32-34-35-36-37-38-39-40-41-42-43-45-47-49-51-53-55-57-59-61-63-65-67-69-71-78(81)87-76(75-86-88(82,83)85-73-72-79(3,4)5)74-84-77(80)70-68-66-64-62-60-58-56-54-52-50-48-46-44-33-31-29-27-25-23-21-19-17-15-13-11-9-7-2/h18-21,24-27,30-33,76H,6-17,22-23,28-29,34-75H2,1-5H3/p+1/b20-18-,21-19-,26-24-,27-25-,32-30-,33-31-. The molecule has 0 fully saturated rings. The lowest BCUT2D eigenvalue weighted by Crippen LogP contribution is -2.37. The Kier molecular flexibility index (Phi) is 66.8. The van der Waals surface area contributed by atoms with E-state index in [9.17, 15) is 19.0 Å². The summed E-state index contributed by atoms with van der Waals surface area (Å²) in [6, 6.07) is 0. The van der Waals surface area contributed by atoms with E-state index in [2.05, 4.69) is 86.8 Å². The van der Waals surface area contributed by atoms with Crippen molar-refractivity contribution >= 4 is 19.8 Å². The van der Waals surface area contributed by atoms with Crippen LogP contribution in [0.2, 0.25) is 0 Å². The normalized spacial score (nSPS) is 13.5. The van der Waals surface area contributed by atoms with Crippen LogP contribution in [-0.2, 0) is 32.7 Å². The van der Waals surface area contributed by atoms with E-state index in [0.717, 1.165) is 57.8 Å². The van der Waals surface area contributed by atoms with E-state index < -0.39 is 26.5 Å². The molecule has 0 saturated heterocycles. The molecule has 9 nitrogen and oxygen atoms in total. The molecule has 10 heteroatoms. The number of hydrogen-bond donors (Lipinski definition) is 1. The van der Waals surface area contributed by atoms with Crippen molar-refractivity contribution in [2.75, 3.05) is 47.5 Å². The molecule has 0 aromatic rings. The summed E-state index contributed by atoms with van der Waals surface area (Å²) in [5.41, 5.74) is 0. The minimum absolute atomic E-state index is 0.0315. The Morgan fingerprint density at radius 3 is 0.909 bits per heavy atom. The molecule has 0 radical (unpaired) electrons. The second-order valence-electron chi connectivity index (χ2n) is 26.7. The third-order valence-corrected chi connectivity index (χ3v) is 17.7. The highest BCUT2D eigenvalue weighted by Crippen LogP contribution is 2.43. The summed E-state index contributed by atoms with van der Waals surface area (Å²) >= 11 is 0. The topological polar surface area (TPSA) is 108 Å². The number of quaternary nitrogens is 1. The summed E-state index contributed by atoms with van der Waals surface area (Å²) in [7, 11) is 1.49. The van der Waals surface area contributed by atoms with Gasteiger partial charge in [-0.05, 0) is 89.9 Å². The molecule has 2 atom stereocenters. The van der Waals surface area contributed by atoms with Crippen LogP contribution in [0.1, 0.15) is 361 Å². The maximum atomic E-state index is 12.9. The van der Waals surface area contributed by atoms with Crippen LogP contribution in [0.3, 0.4) is 0 Å². The Balaban J connectivity index is 3.97. The third-order valence-electron chi connectivity index (χ3n) is 16.7. The molecule has 0 rings (SSSR count). The zero-order chi connectivity index (χ0) is 64.1. The number of carbonyl (C=O) groups excluding carboxylic acids is 2. The van der Waals surface area contributed by atoms with Crippen LogP contribution in [0.25, 0.3) is 0 Å². The maximum absolute atomic E-state index is 12.9. The Hall–Kier alpha value is -2.55. The molecule has 514 valence electrons. The van der Waals surface area contributed by atoms with E-state index in [1.54, 1.807) is 0 Å². The van der Waals surface area contributed by atoms with Crippen LogP contribution in [0, 0.1) is 0 Å². The van der Waals surface area contributed by atoms with Gasteiger partial charge >= 0.3 is 19.8 Å². The fraction of sp³-hybridized carbons (Fsp3) is 0.821. The SMILES string of the molecule is CCCCCCC/C=C\C/C=C\C/C=C\CCCCCCCCCCCCCCCCCCCCCCCCC(=O)OC(COC(=O)CCCCCCCCCCCCCC/C=C\C/C=C\C/C=C\CCCCCCC)COP(=O)(O)OCC[N+](C)(C)C. The van der Waals surface area contributed by atoms with E-state index in [-0.39, 0.29) is 32.0 Å². The fourth-order valence-electron chi connectivity index (χ4n) is 10.9. The molecule has 0 aliphatic rings. The van der Waals surface area contributed by atoms with Crippen LogP contribution >= 0.6 is 7.82 Å². The lowest BCUT2D eigenvalue weighted by molar-refractivity contribution is -0.870. The Morgan fingerprint density at radius 2 is 0.614 bits per heavy atom. The lowest BCUT2D eigenvalue weighted by atomic mass is 10.0. The van der Waals surface area contributed by atoms with Crippen molar-refractivity contribution < 1.29 is 42.1 Å². The van der Waals surface area contributed by atoms with Crippen molar-refractivity contribution in [3.63, 3.8) is 0 Å². The van der Waals surface area contributed by atoms with Gasteiger partial charge in [0, 0.05) is 12.8 Å². The first kappa shape index (κ1) is 85.5. The molecule has 0 spiro atoms. The van der Waals surface area contributed by atoms with Gasteiger partial charge in [0.25, 0.3) is 0 Å². The fourth-order valence-corrected chi connectivity index (χ4v) is 11.7. The van der Waals surface area contributed by atoms with Gasteiger partial charge in [-0.2, -0.15) is 0 Å². The summed E-state index contributed by atoms with van der Waals surface area (Å²) in [4.78, 5) is 35.9. The number of hydrogen-bond acceptors (Lipinski definition) is 7. The first-order chi connectivity index (χ1) is 43.0. The van der Waals surface area contributed by atoms with E-state index in [1.165, 1.54) is 270 Å². The van der Waals surface area contributed by atoms with Gasteiger partial charge in [-0.25, -0.2) is 4.57 Å². The molecular weight excluding hydrogens is 1110 g/mol. The summed E-state index contributed by atoms with van der Waals surface area (Å²) in [6.07, 6.45) is 93.1. The number of rotatable bonds is 70. The number of allylic oxidation sites excluding steroid dienone is 12. The van der Waals surface area contributed by atoms with Gasteiger partial charge in [0.2, 0.25) is 0 Å². The first-order valence-electron chi connectivity index (χ1n) is 37.7. The zero-order valence-corrected chi connectivity index (χ0v) is 59.6. The van der Waals surface area contributed by atoms with E-state index in [1.807, 2.05) is 21.1 Å². The van der Waals surface area contributed by atoms with Crippen LogP contribution < -0.4 is 0 Å². The Labute approximate surface area is 546 Å².